The molecule has 0 radical (unpaired) electrons. The number of nitrogens with zero attached hydrogens (tertiary/aromatic N) is 2. The molecule has 0 aliphatic carbocycles. The van der Waals surface area contributed by atoms with Gasteiger partial charge in [0.05, 0.1) is 26.4 Å². The van der Waals surface area contributed by atoms with Gasteiger partial charge in [0.15, 0.2) is 29.1 Å². The van der Waals surface area contributed by atoms with Gasteiger partial charge in [-0.2, -0.15) is 23.5 Å². The van der Waals surface area contributed by atoms with E-state index in [1.54, 1.807) is 23.5 Å². The second kappa shape index (κ2) is 32.2. The number of aromatic nitrogens is 4. The highest BCUT2D eigenvalue weighted by Crippen LogP contribution is 2.43. The van der Waals surface area contributed by atoms with Crippen LogP contribution in [0.1, 0.15) is 61.4 Å². The van der Waals surface area contributed by atoms with Crippen LogP contribution in [0.3, 0.4) is 0 Å². The monoisotopic (exact) mass is 1010 g/mol. The fourth-order valence-electron chi connectivity index (χ4n) is 5.41. The summed E-state index contributed by atoms with van der Waals surface area (Å²) in [6.07, 6.45) is 0.378. The molecule has 8 atom stereocenters. The molecule has 8 N–H and O–H groups in total. The molecular weight excluding hydrogens is 933 g/mol. The van der Waals surface area contributed by atoms with Crippen LogP contribution in [0.5, 0.6) is 0 Å². The van der Waals surface area contributed by atoms with Gasteiger partial charge in [-0.3, -0.25) is 49.7 Å². The molecule has 26 heteroatoms. The minimum atomic E-state index is -2.26. The second-order valence-corrected chi connectivity index (χ2v) is 28.5. The Labute approximate surface area is 391 Å². The number of carbonyl (C=O) groups is 2. The maximum absolute atomic E-state index is 12.3. The summed E-state index contributed by atoms with van der Waals surface area (Å²) in [4.78, 5) is 67.7. The van der Waals surface area contributed by atoms with Crippen molar-refractivity contribution in [2.75, 3.05) is 50.4 Å². The van der Waals surface area contributed by atoms with E-state index in [2.05, 4.69) is 77.7 Å². The minimum absolute atomic E-state index is 0. The van der Waals surface area contributed by atoms with Crippen LogP contribution in [-0.2, 0) is 37.4 Å². The van der Waals surface area contributed by atoms with E-state index in [9.17, 15) is 29.4 Å². The molecule has 0 saturated carbocycles. The first-order chi connectivity index (χ1) is 30.0. The van der Waals surface area contributed by atoms with Crippen molar-refractivity contribution in [1.29, 1.82) is 0 Å². The molecule has 2 aliphatic rings. The summed E-state index contributed by atoms with van der Waals surface area (Å²) in [6.45, 7) is 26.6. The van der Waals surface area contributed by atoms with E-state index in [-0.39, 0.29) is 30.7 Å². The smallest absolute Gasteiger partial charge is 0.330 e. The maximum atomic E-state index is 12.3. The lowest BCUT2D eigenvalue weighted by Gasteiger charge is -2.40. The summed E-state index contributed by atoms with van der Waals surface area (Å²) >= 11 is 3.35. The number of nitrogens with one attached hydrogen (secondary N) is 2. The van der Waals surface area contributed by atoms with Crippen molar-refractivity contribution >= 4 is 53.7 Å². The van der Waals surface area contributed by atoms with Crippen molar-refractivity contribution in [2.45, 2.75) is 134 Å². The molecule has 0 amide bonds. The summed E-state index contributed by atoms with van der Waals surface area (Å²) < 4.78 is 38.6. The first-order valence-corrected chi connectivity index (χ1v) is 28.3. The lowest BCUT2D eigenvalue weighted by atomic mass is 10.1. The quantitative estimate of drug-likeness (QED) is 0.0517. The lowest BCUT2D eigenvalue weighted by Crippen LogP contribution is -2.50. The topological polar surface area (TPSA) is 321 Å². The van der Waals surface area contributed by atoms with Crippen LogP contribution in [0, 0.1) is 0 Å². The Bertz CT molecular complexity index is 1820. The largest absolute Gasteiger partial charge is 0.408 e. The first kappa shape index (κ1) is 66.6. The van der Waals surface area contributed by atoms with Gasteiger partial charge in [0.1, 0.15) is 50.2 Å². The molecule has 2 aromatic rings. The standard InChI is InChI=1S/2C18H32N2O6SSi.2CH2O.CH4.2H2O2/c1-18(2,3)28(5,6)26-15-12(11-24-9-10-27-4)25-16(14(15)22)20-8-7-13(21)19-17(20)23;1-18(2,3)28(5,6)26-15-14(22)12(11-24-9-10-27-4)25-16(15)20-8-7-13(21)19-17(20)23;2*1-2;;2*1-2/h2*7-8,12,14-16,22H,9-11H2,1-6H3,(H,19,21,23);2*1H2;1H4;2*1-2H/t12-,14?,15+,16-;12-,14+,15?,16-;;;;;/m11...../s1. The van der Waals surface area contributed by atoms with Crippen molar-refractivity contribution < 1.29 is 68.6 Å². The van der Waals surface area contributed by atoms with E-state index < -0.39 is 88.2 Å². The lowest BCUT2D eigenvalue weighted by molar-refractivity contribution is -0.176. The molecule has 0 aromatic carbocycles. The number of carbonyl (C=O) groups excluding carboxylic acids is 2. The third kappa shape index (κ3) is 20.2. The predicted octanol–water partition coefficient (Wildman–Crippen LogP) is 3.43. The molecule has 2 unspecified atom stereocenters. The zero-order chi connectivity index (χ0) is 50.2. The number of ether oxygens (including phenoxy) is 4. The molecule has 380 valence electrons. The van der Waals surface area contributed by atoms with Crippen LogP contribution in [0.25, 0.3) is 0 Å². The first-order valence-electron chi connectivity index (χ1n) is 19.7. The average Bonchev–Trinajstić information content (AvgIpc) is 3.70. The van der Waals surface area contributed by atoms with E-state index in [4.69, 9.17) is 58.4 Å². The number of aliphatic hydroxyl groups is 2. The number of H-pyrrole nitrogens is 2. The van der Waals surface area contributed by atoms with E-state index in [0.717, 1.165) is 11.5 Å². The van der Waals surface area contributed by atoms with Gasteiger partial charge in [0.25, 0.3) is 11.1 Å². The SMILES string of the molecule is C.C=O.C=O.CSCCOC[C@H]1O[C@@H](n2ccc(=O)[nH]c2=O)C(O)[C@H]1O[Si](C)(C)C(C)(C)C.CSCCOC[C@H]1O[C@@H](n2ccc(=O)[nH]c2=O)C(O[Si](C)(C)C(C)(C)C)[C@H]1O.OO.OO. The van der Waals surface area contributed by atoms with Crippen molar-refractivity contribution in [1.82, 2.24) is 19.1 Å². The van der Waals surface area contributed by atoms with Crippen LogP contribution >= 0.6 is 23.5 Å². The number of hydrogen-bond acceptors (Lipinski definition) is 20. The number of aliphatic hydroxyl groups excluding tert-OH is 2. The van der Waals surface area contributed by atoms with Crippen molar-refractivity contribution in [2.24, 2.45) is 0 Å². The molecule has 2 aromatic heterocycles. The molecule has 22 nitrogen and oxygen atoms in total. The van der Waals surface area contributed by atoms with Gasteiger partial charge in [-0.25, -0.2) is 9.59 Å². The van der Waals surface area contributed by atoms with Crippen molar-refractivity contribution in [3.8, 4) is 0 Å². The highest BCUT2D eigenvalue weighted by Gasteiger charge is 2.52. The van der Waals surface area contributed by atoms with Gasteiger partial charge in [-0.05, 0) is 48.8 Å². The van der Waals surface area contributed by atoms with Crippen molar-refractivity contribution in [3.05, 3.63) is 66.2 Å². The molecule has 0 bridgehead atoms. The molecular formula is C39H76N4O18S2Si2. The molecule has 2 saturated heterocycles. The van der Waals surface area contributed by atoms with Gasteiger partial charge < -0.3 is 47.6 Å². The fraction of sp³-hybridized carbons (Fsp3) is 0.744. The third-order valence-corrected chi connectivity index (χ3v) is 20.9. The maximum Gasteiger partial charge on any atom is 0.330 e. The van der Waals surface area contributed by atoms with E-state index in [1.807, 2.05) is 26.1 Å². The molecule has 4 rings (SSSR count). The Kier molecular flexibility index (Phi) is 33.0. The van der Waals surface area contributed by atoms with E-state index in [1.165, 1.54) is 33.7 Å². The van der Waals surface area contributed by atoms with Crippen LogP contribution in [0.4, 0.5) is 0 Å². The molecule has 4 heterocycles. The van der Waals surface area contributed by atoms with Gasteiger partial charge >= 0.3 is 11.4 Å². The molecule has 2 fully saturated rings. The molecule has 0 spiro atoms. The number of hydrogen-bond donors (Lipinski definition) is 8. The summed E-state index contributed by atoms with van der Waals surface area (Å²) in [5.74, 6) is 1.70. The summed E-state index contributed by atoms with van der Waals surface area (Å²) in [5.41, 5.74) is -2.22. The number of aromatic amines is 2. The molecule has 2 aliphatic heterocycles. The van der Waals surface area contributed by atoms with Crippen LogP contribution in [0.2, 0.25) is 36.3 Å². The van der Waals surface area contributed by atoms with E-state index >= 15 is 0 Å². The van der Waals surface area contributed by atoms with Gasteiger partial charge in [0, 0.05) is 36.0 Å². The Hall–Kier alpha value is -2.65. The summed E-state index contributed by atoms with van der Waals surface area (Å²) in [6, 6.07) is 2.48. The zero-order valence-electron chi connectivity index (χ0n) is 38.9. The normalized spacial score (nSPS) is 22.7. The average molecular weight is 1010 g/mol. The van der Waals surface area contributed by atoms with Gasteiger partial charge in [-0.15, -0.1) is 0 Å². The Balaban J connectivity index is -0.00000101. The van der Waals surface area contributed by atoms with Crippen LogP contribution in [0.15, 0.2) is 43.7 Å². The Morgan fingerprint density at radius 1 is 0.646 bits per heavy atom. The zero-order valence-corrected chi connectivity index (χ0v) is 42.5. The Morgan fingerprint density at radius 3 is 1.37 bits per heavy atom. The number of thioether (sulfide) groups is 2. The second-order valence-electron chi connectivity index (χ2n) is 17.0. The highest BCUT2D eigenvalue weighted by molar-refractivity contribution is 7.98. The van der Waals surface area contributed by atoms with E-state index in [0.29, 0.717) is 13.2 Å². The van der Waals surface area contributed by atoms with Crippen LogP contribution in [-0.4, -0.2) is 168 Å². The fourth-order valence-corrected chi connectivity index (χ4v) is 8.59. The van der Waals surface area contributed by atoms with Gasteiger partial charge in [0.2, 0.25) is 0 Å². The van der Waals surface area contributed by atoms with Crippen molar-refractivity contribution in [3.63, 3.8) is 0 Å². The third-order valence-electron chi connectivity index (χ3n) is 10.8. The highest BCUT2D eigenvalue weighted by atomic mass is 32.2. The van der Waals surface area contributed by atoms with Gasteiger partial charge in [-0.1, -0.05) is 49.0 Å². The number of rotatable bonds is 16. The molecule has 65 heavy (non-hydrogen) atoms. The summed E-state index contributed by atoms with van der Waals surface area (Å²) in [7, 11) is -4.47. The summed E-state index contributed by atoms with van der Waals surface area (Å²) in [5, 5.41) is 45.7. The minimum Gasteiger partial charge on any atom is -0.408 e. The van der Waals surface area contributed by atoms with Crippen LogP contribution < -0.4 is 22.5 Å². The Morgan fingerprint density at radius 2 is 1.00 bits per heavy atom. The predicted molar refractivity (Wildman–Crippen MR) is 257 cm³/mol.